The number of aliphatic hydroxyl groups excluding tert-OH is 1. The van der Waals surface area contributed by atoms with Gasteiger partial charge in [-0.15, -0.1) is 0 Å². The molecule has 0 aromatic heterocycles. The van der Waals surface area contributed by atoms with Crippen LogP contribution in [0.2, 0.25) is 0 Å². The van der Waals surface area contributed by atoms with E-state index in [-0.39, 0.29) is 0 Å². The van der Waals surface area contributed by atoms with Gasteiger partial charge in [0.05, 0.1) is 5.60 Å². The molecule has 0 aromatic carbocycles. The molecule has 64 valence electrons. The van der Waals surface area contributed by atoms with Crippen molar-refractivity contribution in [2.45, 2.75) is 31.8 Å². The van der Waals surface area contributed by atoms with Crippen molar-refractivity contribution in [1.82, 2.24) is 0 Å². The molecule has 0 aromatic rings. The third-order valence-electron chi connectivity index (χ3n) is 1.79. The monoisotopic (exact) mass is 160 g/mol. The van der Waals surface area contributed by atoms with Gasteiger partial charge in [0.25, 0.3) is 0 Å². The van der Waals surface area contributed by atoms with E-state index in [1.165, 1.54) is 7.11 Å². The van der Waals surface area contributed by atoms with E-state index in [1.807, 2.05) is 0 Å². The number of hydrogen-bond acceptors (Lipinski definition) is 4. The lowest BCUT2D eigenvalue weighted by atomic mass is 10.0. The van der Waals surface area contributed by atoms with Crippen LogP contribution in [0.15, 0.2) is 0 Å². The van der Waals surface area contributed by atoms with Gasteiger partial charge < -0.3 is 14.6 Å². The van der Waals surface area contributed by atoms with Crippen LogP contribution in [0.5, 0.6) is 0 Å². The van der Waals surface area contributed by atoms with Gasteiger partial charge >= 0.3 is 0 Å². The van der Waals surface area contributed by atoms with Crippen LogP contribution in [0, 0.1) is 0 Å². The standard InChI is InChI=1S/C7H12O4/c1-7(2)5(9)4(8)6(10-3)11-7/h5-6,9H,1-3H3/t5-,6-/m1/s1. The predicted molar refractivity (Wildman–Crippen MR) is 37.0 cm³/mol. The van der Waals surface area contributed by atoms with Crippen molar-refractivity contribution >= 4 is 5.78 Å². The predicted octanol–water partition coefficient (Wildman–Crippen LogP) is -0.302. The van der Waals surface area contributed by atoms with Gasteiger partial charge in [0, 0.05) is 7.11 Å². The molecule has 4 heteroatoms. The van der Waals surface area contributed by atoms with E-state index in [4.69, 9.17) is 9.47 Å². The number of ether oxygens (including phenoxy) is 2. The lowest BCUT2D eigenvalue weighted by Gasteiger charge is -2.19. The van der Waals surface area contributed by atoms with Gasteiger partial charge in [0.1, 0.15) is 6.10 Å². The Hall–Kier alpha value is -0.450. The molecule has 11 heavy (non-hydrogen) atoms. The fourth-order valence-corrected chi connectivity index (χ4v) is 1.03. The quantitative estimate of drug-likeness (QED) is 0.572. The van der Waals surface area contributed by atoms with Gasteiger partial charge in [-0.05, 0) is 13.8 Å². The summed E-state index contributed by atoms with van der Waals surface area (Å²) in [5.74, 6) is -0.405. The van der Waals surface area contributed by atoms with Crippen molar-refractivity contribution in [1.29, 1.82) is 0 Å². The maximum atomic E-state index is 11.1. The van der Waals surface area contributed by atoms with Crippen LogP contribution in [0.4, 0.5) is 0 Å². The van der Waals surface area contributed by atoms with Crippen molar-refractivity contribution in [3.8, 4) is 0 Å². The van der Waals surface area contributed by atoms with Gasteiger partial charge in [-0.25, -0.2) is 0 Å². The molecule has 0 amide bonds. The highest BCUT2D eigenvalue weighted by Crippen LogP contribution is 2.27. The number of rotatable bonds is 1. The number of carbonyl (C=O) groups is 1. The Kier molecular flexibility index (Phi) is 2.00. The van der Waals surface area contributed by atoms with E-state index in [2.05, 4.69) is 0 Å². The highest BCUT2D eigenvalue weighted by molar-refractivity contribution is 5.89. The molecule has 1 fully saturated rings. The van der Waals surface area contributed by atoms with Crippen LogP contribution in [-0.2, 0) is 14.3 Å². The summed E-state index contributed by atoms with van der Waals surface area (Å²) < 4.78 is 9.80. The molecule has 0 spiro atoms. The number of aliphatic hydroxyl groups is 1. The average molecular weight is 160 g/mol. The van der Waals surface area contributed by atoms with E-state index in [9.17, 15) is 9.90 Å². The SMILES string of the molecule is CO[C@@H]1OC(C)(C)[C@H](O)C1=O. The summed E-state index contributed by atoms with van der Waals surface area (Å²) >= 11 is 0. The normalized spacial score (nSPS) is 36.2. The molecule has 1 saturated heterocycles. The van der Waals surface area contributed by atoms with Gasteiger partial charge in [0.15, 0.2) is 0 Å². The van der Waals surface area contributed by atoms with E-state index < -0.39 is 23.8 Å². The Balaban J connectivity index is 2.77. The molecule has 1 rings (SSSR count). The largest absolute Gasteiger partial charge is 0.382 e. The molecule has 0 saturated carbocycles. The summed E-state index contributed by atoms with van der Waals surface area (Å²) in [6.45, 7) is 3.29. The first-order valence-electron chi connectivity index (χ1n) is 3.41. The fraction of sp³-hybridized carbons (Fsp3) is 0.857. The second kappa shape index (κ2) is 2.55. The first-order chi connectivity index (χ1) is 4.99. The fourth-order valence-electron chi connectivity index (χ4n) is 1.03. The first-order valence-corrected chi connectivity index (χ1v) is 3.41. The molecular weight excluding hydrogens is 148 g/mol. The van der Waals surface area contributed by atoms with Crippen molar-refractivity contribution in [3.05, 3.63) is 0 Å². The Morgan fingerprint density at radius 1 is 1.64 bits per heavy atom. The average Bonchev–Trinajstić information content (AvgIpc) is 2.13. The van der Waals surface area contributed by atoms with Gasteiger partial charge in [-0.1, -0.05) is 0 Å². The molecule has 2 atom stereocenters. The van der Waals surface area contributed by atoms with E-state index >= 15 is 0 Å². The molecular formula is C7H12O4. The third-order valence-corrected chi connectivity index (χ3v) is 1.79. The highest BCUT2D eigenvalue weighted by Gasteiger charge is 2.48. The van der Waals surface area contributed by atoms with Crippen LogP contribution in [-0.4, -0.2) is 36.0 Å². The summed E-state index contributed by atoms with van der Waals surface area (Å²) in [5.41, 5.74) is -0.822. The Morgan fingerprint density at radius 3 is 2.36 bits per heavy atom. The second-order valence-electron chi connectivity index (χ2n) is 3.09. The maximum Gasteiger partial charge on any atom is 0.221 e. The maximum absolute atomic E-state index is 11.1. The van der Waals surface area contributed by atoms with Crippen LogP contribution >= 0.6 is 0 Å². The van der Waals surface area contributed by atoms with Crippen molar-refractivity contribution in [2.75, 3.05) is 7.11 Å². The van der Waals surface area contributed by atoms with E-state index in [0.717, 1.165) is 0 Å². The van der Waals surface area contributed by atoms with Crippen LogP contribution in [0.25, 0.3) is 0 Å². The lowest BCUT2D eigenvalue weighted by molar-refractivity contribution is -0.161. The minimum absolute atomic E-state index is 0.405. The highest BCUT2D eigenvalue weighted by atomic mass is 16.7. The minimum atomic E-state index is -1.08. The van der Waals surface area contributed by atoms with Crippen molar-refractivity contribution < 1.29 is 19.4 Å². The molecule has 1 heterocycles. The smallest absolute Gasteiger partial charge is 0.221 e. The zero-order chi connectivity index (χ0) is 8.65. The topological polar surface area (TPSA) is 55.8 Å². The molecule has 1 N–H and O–H groups in total. The number of hydrogen-bond donors (Lipinski definition) is 1. The summed E-state index contributed by atoms with van der Waals surface area (Å²) in [6, 6.07) is 0. The molecule has 1 aliphatic heterocycles. The van der Waals surface area contributed by atoms with Crippen LogP contribution in [0.3, 0.4) is 0 Å². The second-order valence-corrected chi connectivity index (χ2v) is 3.09. The zero-order valence-corrected chi connectivity index (χ0v) is 6.83. The van der Waals surface area contributed by atoms with E-state index in [0.29, 0.717) is 0 Å². The Labute approximate surface area is 65.1 Å². The van der Waals surface area contributed by atoms with Crippen LogP contribution in [0.1, 0.15) is 13.8 Å². The minimum Gasteiger partial charge on any atom is -0.382 e. The molecule has 1 aliphatic rings. The van der Waals surface area contributed by atoms with Crippen molar-refractivity contribution in [3.63, 3.8) is 0 Å². The number of ketones is 1. The molecule has 0 unspecified atom stereocenters. The summed E-state index contributed by atoms with van der Waals surface area (Å²) in [5, 5.41) is 9.27. The zero-order valence-electron chi connectivity index (χ0n) is 6.83. The first kappa shape index (κ1) is 8.64. The van der Waals surface area contributed by atoms with Gasteiger partial charge in [-0.2, -0.15) is 0 Å². The van der Waals surface area contributed by atoms with Crippen molar-refractivity contribution in [2.24, 2.45) is 0 Å². The summed E-state index contributed by atoms with van der Waals surface area (Å²) in [4.78, 5) is 11.1. The molecule has 0 radical (unpaired) electrons. The molecule has 4 nitrogen and oxygen atoms in total. The summed E-state index contributed by atoms with van der Waals surface area (Å²) in [6.07, 6.45) is -1.98. The number of carbonyl (C=O) groups excluding carboxylic acids is 1. The number of methoxy groups -OCH3 is 1. The van der Waals surface area contributed by atoms with E-state index in [1.54, 1.807) is 13.8 Å². The number of Topliss-reactive ketones (excluding diaryl/α,β-unsaturated/α-hetero) is 1. The molecule has 0 bridgehead atoms. The Bertz CT molecular complexity index is 175. The van der Waals surface area contributed by atoms with Gasteiger partial charge in [0.2, 0.25) is 12.1 Å². The molecule has 0 aliphatic carbocycles. The van der Waals surface area contributed by atoms with Crippen LogP contribution < -0.4 is 0 Å². The lowest BCUT2D eigenvalue weighted by Crippen LogP contribution is -2.35. The Morgan fingerprint density at radius 2 is 2.18 bits per heavy atom. The summed E-state index contributed by atoms with van der Waals surface area (Å²) in [7, 11) is 1.37. The third kappa shape index (κ3) is 1.29. The van der Waals surface area contributed by atoms with Gasteiger partial charge in [-0.3, -0.25) is 4.79 Å².